The summed E-state index contributed by atoms with van der Waals surface area (Å²) in [7, 11) is 0. The van der Waals surface area contributed by atoms with Crippen molar-refractivity contribution in [3.05, 3.63) is 46.8 Å². The standard InChI is InChI=1S/C21H26N4O4/c1-13(25-11-17(18(26)27)22-23-25)14-5-6-16-15(9-14)10-24(12-21(16)7-8-21)19(28)29-20(2,3)4/h5-6,9,11,13H,7-8,10,12H2,1-4H3,(H,26,27). The summed E-state index contributed by atoms with van der Waals surface area (Å²) in [6.45, 7) is 8.76. The molecule has 4 rings (SSSR count). The Kier molecular flexibility index (Phi) is 4.40. The molecule has 1 spiro atoms. The topological polar surface area (TPSA) is 97.5 Å². The maximum Gasteiger partial charge on any atom is 0.410 e. The van der Waals surface area contributed by atoms with Crippen molar-refractivity contribution in [3.63, 3.8) is 0 Å². The van der Waals surface area contributed by atoms with E-state index >= 15 is 0 Å². The molecule has 0 saturated heterocycles. The fourth-order valence-electron chi connectivity index (χ4n) is 3.98. The highest BCUT2D eigenvalue weighted by atomic mass is 16.6. The van der Waals surface area contributed by atoms with Crippen molar-refractivity contribution in [1.29, 1.82) is 0 Å². The van der Waals surface area contributed by atoms with Crippen LogP contribution in [0.25, 0.3) is 0 Å². The van der Waals surface area contributed by atoms with Crippen molar-refractivity contribution in [2.75, 3.05) is 6.54 Å². The van der Waals surface area contributed by atoms with Crippen LogP contribution in [0.15, 0.2) is 24.4 Å². The van der Waals surface area contributed by atoms with E-state index in [1.54, 1.807) is 9.58 Å². The van der Waals surface area contributed by atoms with Crippen LogP contribution in [0.4, 0.5) is 4.79 Å². The van der Waals surface area contributed by atoms with E-state index in [0.717, 1.165) is 24.0 Å². The van der Waals surface area contributed by atoms with Crippen LogP contribution >= 0.6 is 0 Å². The molecule has 1 aliphatic heterocycles. The lowest BCUT2D eigenvalue weighted by Gasteiger charge is -2.36. The van der Waals surface area contributed by atoms with Crippen LogP contribution in [0.1, 0.15) is 73.8 Å². The number of carboxylic acid groups (broad SMARTS) is 1. The maximum atomic E-state index is 12.7. The van der Waals surface area contributed by atoms with Crippen LogP contribution in [0.2, 0.25) is 0 Å². The monoisotopic (exact) mass is 398 g/mol. The number of aromatic nitrogens is 3. The number of ether oxygens (including phenoxy) is 1. The summed E-state index contributed by atoms with van der Waals surface area (Å²) in [5, 5.41) is 16.7. The molecular weight excluding hydrogens is 372 g/mol. The number of benzene rings is 1. The Morgan fingerprint density at radius 3 is 2.59 bits per heavy atom. The van der Waals surface area contributed by atoms with E-state index < -0.39 is 11.6 Å². The quantitative estimate of drug-likeness (QED) is 0.851. The van der Waals surface area contributed by atoms with Crippen LogP contribution in [-0.4, -0.2) is 49.2 Å². The molecule has 1 atom stereocenters. The molecule has 1 fully saturated rings. The van der Waals surface area contributed by atoms with E-state index in [0.29, 0.717) is 13.1 Å². The van der Waals surface area contributed by atoms with Crippen molar-refractivity contribution in [2.45, 2.75) is 64.1 Å². The van der Waals surface area contributed by atoms with Crippen LogP contribution in [0.3, 0.4) is 0 Å². The van der Waals surface area contributed by atoms with Gasteiger partial charge in [-0.05, 0) is 57.2 Å². The lowest BCUT2D eigenvalue weighted by molar-refractivity contribution is 0.0196. The van der Waals surface area contributed by atoms with Gasteiger partial charge in [0, 0.05) is 18.5 Å². The van der Waals surface area contributed by atoms with Gasteiger partial charge in [-0.25, -0.2) is 14.3 Å². The van der Waals surface area contributed by atoms with E-state index in [2.05, 4.69) is 28.5 Å². The highest BCUT2D eigenvalue weighted by molar-refractivity contribution is 5.84. The zero-order chi connectivity index (χ0) is 21.0. The Bertz CT molecular complexity index is 971. The van der Waals surface area contributed by atoms with Crippen molar-refractivity contribution in [3.8, 4) is 0 Å². The number of carbonyl (C=O) groups is 2. The fourth-order valence-corrected chi connectivity index (χ4v) is 3.98. The summed E-state index contributed by atoms with van der Waals surface area (Å²) in [6, 6.07) is 6.14. The number of nitrogens with zero attached hydrogens (tertiary/aromatic N) is 4. The second kappa shape index (κ2) is 6.57. The average Bonchev–Trinajstić information content (AvgIpc) is 3.22. The van der Waals surface area contributed by atoms with Gasteiger partial charge in [-0.15, -0.1) is 5.10 Å². The Morgan fingerprint density at radius 1 is 1.28 bits per heavy atom. The van der Waals surface area contributed by atoms with Gasteiger partial charge in [0.15, 0.2) is 5.69 Å². The molecule has 1 aromatic carbocycles. The Balaban J connectivity index is 1.61. The molecular formula is C21H26N4O4. The molecule has 1 aliphatic carbocycles. The third-order valence-corrected chi connectivity index (χ3v) is 5.67. The van der Waals surface area contributed by atoms with Gasteiger partial charge in [0.1, 0.15) is 5.60 Å². The predicted octanol–water partition coefficient (Wildman–Crippen LogP) is 3.37. The first-order valence-corrected chi connectivity index (χ1v) is 9.84. The third-order valence-electron chi connectivity index (χ3n) is 5.67. The SMILES string of the molecule is CC(c1ccc2c(c1)CN(C(=O)OC(C)(C)C)CC21CC1)n1cc(C(=O)O)nn1. The minimum absolute atomic E-state index is 0.0377. The summed E-state index contributed by atoms with van der Waals surface area (Å²) < 4.78 is 7.14. The van der Waals surface area contributed by atoms with Gasteiger partial charge in [-0.3, -0.25) is 0 Å². The summed E-state index contributed by atoms with van der Waals surface area (Å²) in [5.41, 5.74) is 2.84. The third kappa shape index (κ3) is 3.71. The minimum atomic E-state index is -1.10. The Morgan fingerprint density at radius 2 is 2.00 bits per heavy atom. The normalized spacial score (nSPS) is 18.3. The molecule has 2 heterocycles. The molecule has 2 aromatic rings. The number of rotatable bonds is 3. The van der Waals surface area contributed by atoms with E-state index in [-0.39, 0.29) is 23.2 Å². The van der Waals surface area contributed by atoms with Gasteiger partial charge in [-0.1, -0.05) is 23.4 Å². The zero-order valence-electron chi connectivity index (χ0n) is 17.2. The predicted molar refractivity (Wildman–Crippen MR) is 105 cm³/mol. The zero-order valence-corrected chi connectivity index (χ0v) is 17.2. The van der Waals surface area contributed by atoms with E-state index in [4.69, 9.17) is 9.84 Å². The van der Waals surface area contributed by atoms with Crippen LogP contribution in [-0.2, 0) is 16.7 Å². The molecule has 1 saturated carbocycles. The second-order valence-electron chi connectivity index (χ2n) is 9.10. The summed E-state index contributed by atoms with van der Waals surface area (Å²) in [4.78, 5) is 25.5. The number of aromatic carboxylic acids is 1. The number of fused-ring (bicyclic) bond motifs is 2. The number of hydrogen-bond donors (Lipinski definition) is 1. The lowest BCUT2D eigenvalue weighted by atomic mass is 9.85. The first-order valence-electron chi connectivity index (χ1n) is 9.84. The number of hydrogen-bond acceptors (Lipinski definition) is 5. The summed E-state index contributed by atoms with van der Waals surface area (Å²) in [6.07, 6.45) is 3.29. The molecule has 154 valence electrons. The van der Waals surface area contributed by atoms with Crippen LogP contribution in [0, 0.1) is 0 Å². The van der Waals surface area contributed by atoms with E-state index in [9.17, 15) is 9.59 Å². The number of carbonyl (C=O) groups excluding carboxylic acids is 1. The number of amides is 1. The first kappa shape index (κ1) is 19.4. The molecule has 1 aromatic heterocycles. The largest absolute Gasteiger partial charge is 0.476 e. The second-order valence-corrected chi connectivity index (χ2v) is 9.10. The summed E-state index contributed by atoms with van der Waals surface area (Å²) >= 11 is 0. The highest BCUT2D eigenvalue weighted by Gasteiger charge is 2.50. The van der Waals surface area contributed by atoms with Gasteiger partial charge >= 0.3 is 12.1 Å². The number of carboxylic acids is 1. The average molecular weight is 398 g/mol. The van der Waals surface area contributed by atoms with Crippen molar-refractivity contribution >= 4 is 12.1 Å². The molecule has 0 bridgehead atoms. The van der Waals surface area contributed by atoms with Crippen LogP contribution < -0.4 is 0 Å². The molecule has 8 nitrogen and oxygen atoms in total. The lowest BCUT2D eigenvalue weighted by Crippen LogP contribution is -2.44. The summed E-state index contributed by atoms with van der Waals surface area (Å²) in [5.74, 6) is -1.10. The molecule has 29 heavy (non-hydrogen) atoms. The van der Waals surface area contributed by atoms with Gasteiger partial charge in [0.2, 0.25) is 0 Å². The molecule has 1 amide bonds. The van der Waals surface area contributed by atoms with E-state index in [1.165, 1.54) is 11.8 Å². The van der Waals surface area contributed by atoms with Crippen molar-refractivity contribution in [1.82, 2.24) is 19.9 Å². The smallest absolute Gasteiger partial charge is 0.410 e. The van der Waals surface area contributed by atoms with Crippen molar-refractivity contribution < 1.29 is 19.4 Å². The molecule has 8 heteroatoms. The van der Waals surface area contributed by atoms with E-state index in [1.807, 2.05) is 27.7 Å². The molecule has 1 N–H and O–H groups in total. The highest BCUT2D eigenvalue weighted by Crippen LogP contribution is 2.52. The Hall–Kier alpha value is -2.90. The first-order chi connectivity index (χ1) is 13.6. The molecule has 1 unspecified atom stereocenters. The minimum Gasteiger partial charge on any atom is -0.476 e. The fraction of sp³-hybridized carbons (Fsp3) is 0.524. The van der Waals surface area contributed by atoms with Gasteiger partial charge in [0.25, 0.3) is 0 Å². The Labute approximate surface area is 169 Å². The van der Waals surface area contributed by atoms with Gasteiger partial charge in [0.05, 0.1) is 12.2 Å². The maximum absolute atomic E-state index is 12.7. The molecule has 0 radical (unpaired) electrons. The van der Waals surface area contributed by atoms with Crippen molar-refractivity contribution in [2.24, 2.45) is 0 Å². The van der Waals surface area contributed by atoms with Gasteiger partial charge < -0.3 is 14.7 Å². The van der Waals surface area contributed by atoms with Crippen LogP contribution in [0.5, 0.6) is 0 Å². The van der Waals surface area contributed by atoms with Gasteiger partial charge in [-0.2, -0.15) is 0 Å². The molecule has 2 aliphatic rings.